The molecular formula is C19H18F3N4O. The van der Waals surface area contributed by atoms with E-state index < -0.39 is 23.8 Å². The fourth-order valence-corrected chi connectivity index (χ4v) is 2.85. The lowest BCUT2D eigenvalue weighted by molar-refractivity contribution is 0.146. The van der Waals surface area contributed by atoms with Crippen LogP contribution in [0.3, 0.4) is 0 Å². The molecule has 0 aliphatic heterocycles. The van der Waals surface area contributed by atoms with Crippen molar-refractivity contribution in [2.45, 2.75) is 26.3 Å². The molecule has 3 aromatic rings. The van der Waals surface area contributed by atoms with Crippen LogP contribution in [0.2, 0.25) is 0 Å². The number of hydrogen-bond donors (Lipinski definition) is 2. The molecule has 0 fully saturated rings. The summed E-state index contributed by atoms with van der Waals surface area (Å²) in [6, 6.07) is 7.91. The molecule has 0 amide bonds. The van der Waals surface area contributed by atoms with Crippen molar-refractivity contribution in [3.8, 4) is 5.75 Å². The molecule has 5 nitrogen and oxygen atoms in total. The molecule has 8 heteroatoms. The molecule has 0 saturated carbocycles. The third-order valence-corrected chi connectivity index (χ3v) is 4.14. The summed E-state index contributed by atoms with van der Waals surface area (Å²) < 4.78 is 45.8. The summed E-state index contributed by atoms with van der Waals surface area (Å²) >= 11 is 0. The van der Waals surface area contributed by atoms with Crippen molar-refractivity contribution >= 4 is 22.4 Å². The molecule has 2 aromatic carbocycles. The second-order valence-corrected chi connectivity index (χ2v) is 6.10. The standard InChI is InChI=1S/C19H18F3N4O/c1-9(13-6-11(23)7-15(17(13)20)18(21)22)24-19-14-8-12(27-3)4-5-16(14)25-10(2)26-19/h5-9,18H,23H2,1-3H3,(H,24,25,26)/t9-/m1/s1. The fraction of sp³-hybridized carbons (Fsp3) is 0.263. The van der Waals surface area contributed by atoms with Gasteiger partial charge in [0.1, 0.15) is 23.2 Å². The first kappa shape index (κ1) is 18.8. The minimum absolute atomic E-state index is 0.0316. The van der Waals surface area contributed by atoms with Gasteiger partial charge in [-0.3, -0.25) is 0 Å². The molecule has 0 saturated heterocycles. The van der Waals surface area contributed by atoms with Gasteiger partial charge in [0.15, 0.2) is 0 Å². The highest BCUT2D eigenvalue weighted by Gasteiger charge is 2.21. The molecule has 1 aromatic heterocycles. The van der Waals surface area contributed by atoms with Crippen LogP contribution >= 0.6 is 0 Å². The normalized spacial score (nSPS) is 12.4. The number of anilines is 2. The molecule has 0 unspecified atom stereocenters. The second kappa shape index (κ2) is 7.30. The van der Waals surface area contributed by atoms with Crippen LogP contribution < -0.4 is 15.8 Å². The van der Waals surface area contributed by atoms with Gasteiger partial charge in [-0.25, -0.2) is 23.1 Å². The number of nitrogen functional groups attached to an aromatic ring is 1. The number of fused-ring (bicyclic) bond motifs is 1. The van der Waals surface area contributed by atoms with E-state index in [9.17, 15) is 13.2 Å². The summed E-state index contributed by atoms with van der Waals surface area (Å²) in [4.78, 5) is 8.69. The number of aryl methyl sites for hydroxylation is 1. The quantitative estimate of drug-likeness (QED) is 0.639. The van der Waals surface area contributed by atoms with Crippen LogP contribution in [-0.2, 0) is 0 Å². The molecular weight excluding hydrogens is 357 g/mol. The molecule has 1 radical (unpaired) electrons. The van der Waals surface area contributed by atoms with Gasteiger partial charge in [-0.05, 0) is 38.1 Å². The van der Waals surface area contributed by atoms with Crippen molar-refractivity contribution < 1.29 is 17.9 Å². The maximum atomic E-state index is 14.5. The molecule has 1 heterocycles. The van der Waals surface area contributed by atoms with E-state index in [0.717, 1.165) is 6.07 Å². The topological polar surface area (TPSA) is 73.1 Å². The monoisotopic (exact) mass is 375 g/mol. The molecule has 3 rings (SSSR count). The Morgan fingerprint density at radius 2 is 1.89 bits per heavy atom. The summed E-state index contributed by atoms with van der Waals surface area (Å²) in [5.74, 6) is 0.427. The lowest BCUT2D eigenvalue weighted by Crippen LogP contribution is -2.13. The summed E-state index contributed by atoms with van der Waals surface area (Å²) in [7, 11) is 1.51. The first-order valence-electron chi connectivity index (χ1n) is 8.17. The Morgan fingerprint density at radius 3 is 2.56 bits per heavy atom. The van der Waals surface area contributed by atoms with Gasteiger partial charge >= 0.3 is 0 Å². The fourth-order valence-electron chi connectivity index (χ4n) is 2.85. The molecule has 27 heavy (non-hydrogen) atoms. The smallest absolute Gasteiger partial charge is 0.266 e. The van der Waals surface area contributed by atoms with Gasteiger partial charge in [0.05, 0.1) is 24.2 Å². The van der Waals surface area contributed by atoms with E-state index in [0.29, 0.717) is 28.3 Å². The van der Waals surface area contributed by atoms with Crippen molar-refractivity contribution in [3.05, 3.63) is 53.1 Å². The number of rotatable bonds is 5. The number of halogens is 3. The zero-order chi connectivity index (χ0) is 19.7. The van der Waals surface area contributed by atoms with E-state index in [1.165, 1.54) is 13.2 Å². The molecule has 0 aliphatic rings. The Balaban J connectivity index is 2.05. The number of nitrogens with zero attached hydrogens (tertiary/aromatic N) is 2. The summed E-state index contributed by atoms with van der Waals surface area (Å²) in [6.45, 7) is 3.36. The number of nitrogens with one attached hydrogen (secondary N) is 1. The SMILES string of the molecule is COc1[c]cc2nc(C)nc(N[C@H](C)c3cc(N)cc(C(F)F)c3F)c2c1. The Hall–Kier alpha value is -3.03. The van der Waals surface area contributed by atoms with Gasteiger partial charge in [-0.1, -0.05) is 0 Å². The van der Waals surface area contributed by atoms with Crippen LogP contribution in [0.4, 0.5) is 24.7 Å². The molecule has 0 aliphatic carbocycles. The van der Waals surface area contributed by atoms with E-state index in [-0.39, 0.29) is 11.3 Å². The van der Waals surface area contributed by atoms with Gasteiger partial charge in [-0.15, -0.1) is 0 Å². The minimum Gasteiger partial charge on any atom is -0.496 e. The lowest BCUT2D eigenvalue weighted by Gasteiger charge is -2.19. The number of aromatic nitrogens is 2. The average molecular weight is 375 g/mol. The third-order valence-electron chi connectivity index (χ3n) is 4.14. The zero-order valence-corrected chi connectivity index (χ0v) is 15.0. The molecule has 141 valence electrons. The molecule has 3 N–H and O–H groups in total. The van der Waals surface area contributed by atoms with Crippen LogP contribution in [0.5, 0.6) is 5.75 Å². The minimum atomic E-state index is -2.96. The van der Waals surface area contributed by atoms with E-state index in [1.54, 1.807) is 26.0 Å². The lowest BCUT2D eigenvalue weighted by atomic mass is 10.0. The largest absolute Gasteiger partial charge is 0.496 e. The summed E-state index contributed by atoms with van der Waals surface area (Å²) in [5, 5.41) is 3.71. The highest BCUT2D eigenvalue weighted by atomic mass is 19.3. The van der Waals surface area contributed by atoms with Gasteiger partial charge in [0.2, 0.25) is 0 Å². The maximum Gasteiger partial charge on any atom is 0.266 e. The number of hydrogen-bond acceptors (Lipinski definition) is 5. The first-order chi connectivity index (χ1) is 12.8. The highest BCUT2D eigenvalue weighted by molar-refractivity contribution is 5.90. The first-order valence-corrected chi connectivity index (χ1v) is 8.17. The van der Waals surface area contributed by atoms with E-state index >= 15 is 0 Å². The number of nitrogens with two attached hydrogens (primary N) is 1. The maximum absolute atomic E-state index is 14.5. The summed E-state index contributed by atoms with van der Waals surface area (Å²) in [6.07, 6.45) is -2.96. The Labute approximate surface area is 154 Å². The van der Waals surface area contributed by atoms with Gasteiger partial charge in [0, 0.05) is 22.7 Å². The summed E-state index contributed by atoms with van der Waals surface area (Å²) in [5.41, 5.74) is 5.67. The predicted octanol–water partition coefficient (Wildman–Crippen LogP) is 4.58. The van der Waals surface area contributed by atoms with E-state index in [1.807, 2.05) is 0 Å². The van der Waals surface area contributed by atoms with Crippen molar-refractivity contribution in [3.63, 3.8) is 0 Å². The van der Waals surface area contributed by atoms with Crippen molar-refractivity contribution in [2.75, 3.05) is 18.2 Å². The Bertz CT molecular complexity index is 994. The average Bonchev–Trinajstić information content (AvgIpc) is 2.62. The van der Waals surface area contributed by atoms with E-state index in [4.69, 9.17) is 10.5 Å². The molecule has 0 bridgehead atoms. The number of alkyl halides is 2. The number of ether oxygens (including phenoxy) is 1. The second-order valence-electron chi connectivity index (χ2n) is 6.10. The number of benzene rings is 2. The molecule has 1 atom stereocenters. The highest BCUT2D eigenvalue weighted by Crippen LogP contribution is 2.33. The van der Waals surface area contributed by atoms with Crippen LogP contribution in [0.15, 0.2) is 24.3 Å². The van der Waals surface area contributed by atoms with Crippen LogP contribution in [0.25, 0.3) is 10.9 Å². The van der Waals surface area contributed by atoms with Gasteiger partial charge in [0.25, 0.3) is 6.43 Å². The van der Waals surface area contributed by atoms with Gasteiger partial charge < -0.3 is 15.8 Å². The van der Waals surface area contributed by atoms with E-state index in [2.05, 4.69) is 21.4 Å². The number of methoxy groups -OCH3 is 1. The van der Waals surface area contributed by atoms with Crippen molar-refractivity contribution in [1.29, 1.82) is 0 Å². The van der Waals surface area contributed by atoms with Gasteiger partial charge in [-0.2, -0.15) is 0 Å². The third kappa shape index (κ3) is 3.74. The molecule has 0 spiro atoms. The van der Waals surface area contributed by atoms with Crippen LogP contribution in [-0.4, -0.2) is 17.1 Å². The predicted molar refractivity (Wildman–Crippen MR) is 97.5 cm³/mol. The van der Waals surface area contributed by atoms with Crippen molar-refractivity contribution in [2.24, 2.45) is 0 Å². The Morgan fingerprint density at radius 1 is 1.19 bits per heavy atom. The zero-order valence-electron chi connectivity index (χ0n) is 15.0. The van der Waals surface area contributed by atoms with Crippen LogP contribution in [0, 0.1) is 18.8 Å². The van der Waals surface area contributed by atoms with Crippen LogP contribution in [0.1, 0.15) is 36.3 Å². The van der Waals surface area contributed by atoms with Crippen molar-refractivity contribution in [1.82, 2.24) is 9.97 Å². The Kier molecular flexibility index (Phi) is 5.07.